The molecular formula is C8H8BrN3. The van der Waals surface area contributed by atoms with Crippen LogP contribution in [0.2, 0.25) is 0 Å². The summed E-state index contributed by atoms with van der Waals surface area (Å²) in [5.74, 6) is 0. The zero-order valence-corrected chi connectivity index (χ0v) is 8.24. The number of para-hydroxylation sites is 1. The lowest BCUT2D eigenvalue weighted by Gasteiger charge is -1.97. The van der Waals surface area contributed by atoms with Crippen molar-refractivity contribution in [2.75, 3.05) is 0 Å². The lowest BCUT2D eigenvalue weighted by molar-refractivity contribution is 0.645. The number of hydrogen-bond acceptors (Lipinski definition) is 2. The Morgan fingerprint density at radius 2 is 2.33 bits per heavy atom. The van der Waals surface area contributed by atoms with Gasteiger partial charge in [-0.25, -0.2) is 4.68 Å². The molecule has 0 aliphatic rings. The molecule has 62 valence electrons. The summed E-state index contributed by atoms with van der Waals surface area (Å²) in [7, 11) is 0. The Balaban J connectivity index is 2.83. The van der Waals surface area contributed by atoms with Gasteiger partial charge in [-0.2, -0.15) is 0 Å². The van der Waals surface area contributed by atoms with Crippen molar-refractivity contribution < 1.29 is 0 Å². The van der Waals surface area contributed by atoms with E-state index < -0.39 is 0 Å². The zero-order valence-electron chi connectivity index (χ0n) is 6.66. The summed E-state index contributed by atoms with van der Waals surface area (Å²) in [6, 6.07) is 5.91. The third-order valence-electron chi connectivity index (χ3n) is 1.78. The second-order valence-electron chi connectivity index (χ2n) is 2.51. The van der Waals surface area contributed by atoms with Crippen LogP contribution in [-0.4, -0.2) is 15.0 Å². The van der Waals surface area contributed by atoms with Gasteiger partial charge in [0.1, 0.15) is 11.0 Å². The summed E-state index contributed by atoms with van der Waals surface area (Å²) in [6.45, 7) is 2.90. The van der Waals surface area contributed by atoms with Gasteiger partial charge in [-0.3, -0.25) is 0 Å². The average Bonchev–Trinajstić information content (AvgIpc) is 2.49. The minimum Gasteiger partial charge on any atom is -0.244 e. The fourth-order valence-electron chi connectivity index (χ4n) is 1.21. The van der Waals surface area contributed by atoms with Crippen molar-refractivity contribution in [2.45, 2.75) is 13.5 Å². The van der Waals surface area contributed by atoms with Crippen molar-refractivity contribution in [1.82, 2.24) is 15.0 Å². The van der Waals surface area contributed by atoms with E-state index in [2.05, 4.69) is 26.2 Å². The van der Waals surface area contributed by atoms with Gasteiger partial charge in [0.25, 0.3) is 0 Å². The molecule has 2 aromatic rings. The van der Waals surface area contributed by atoms with Crippen LogP contribution in [0.15, 0.2) is 22.7 Å². The lowest BCUT2D eigenvalue weighted by atomic mass is 10.3. The van der Waals surface area contributed by atoms with Crippen LogP contribution in [0.4, 0.5) is 0 Å². The average molecular weight is 226 g/mol. The molecule has 0 bridgehead atoms. The van der Waals surface area contributed by atoms with Crippen molar-refractivity contribution in [2.24, 2.45) is 0 Å². The minimum atomic E-state index is 0.846. The van der Waals surface area contributed by atoms with Gasteiger partial charge in [0.05, 0.1) is 0 Å². The number of rotatable bonds is 1. The highest BCUT2D eigenvalue weighted by atomic mass is 79.9. The third kappa shape index (κ3) is 1.03. The van der Waals surface area contributed by atoms with E-state index in [0.29, 0.717) is 0 Å². The van der Waals surface area contributed by atoms with Gasteiger partial charge in [-0.1, -0.05) is 11.3 Å². The summed E-state index contributed by atoms with van der Waals surface area (Å²) in [4.78, 5) is 0. The maximum atomic E-state index is 4.03. The summed E-state index contributed by atoms with van der Waals surface area (Å²) < 4.78 is 2.92. The van der Waals surface area contributed by atoms with E-state index in [0.717, 1.165) is 22.1 Å². The largest absolute Gasteiger partial charge is 0.244 e. The highest BCUT2D eigenvalue weighted by Gasteiger charge is 2.04. The molecule has 0 saturated carbocycles. The molecular weight excluding hydrogens is 218 g/mol. The van der Waals surface area contributed by atoms with E-state index in [1.807, 2.05) is 29.8 Å². The fourth-order valence-corrected chi connectivity index (χ4v) is 1.77. The van der Waals surface area contributed by atoms with E-state index in [-0.39, 0.29) is 0 Å². The topological polar surface area (TPSA) is 30.7 Å². The van der Waals surface area contributed by atoms with Crippen LogP contribution in [0.3, 0.4) is 0 Å². The van der Waals surface area contributed by atoms with Crippen LogP contribution in [0, 0.1) is 0 Å². The van der Waals surface area contributed by atoms with Crippen LogP contribution in [0.1, 0.15) is 6.92 Å². The van der Waals surface area contributed by atoms with Crippen LogP contribution < -0.4 is 0 Å². The summed E-state index contributed by atoms with van der Waals surface area (Å²) >= 11 is 3.47. The molecule has 0 atom stereocenters. The first-order chi connectivity index (χ1) is 5.83. The lowest BCUT2D eigenvalue weighted by Crippen LogP contribution is -1.96. The SMILES string of the molecule is CCn1nnc2cccc(Br)c21. The van der Waals surface area contributed by atoms with E-state index in [1.54, 1.807) is 0 Å². The molecule has 4 heteroatoms. The highest BCUT2D eigenvalue weighted by molar-refractivity contribution is 9.10. The Morgan fingerprint density at radius 1 is 1.50 bits per heavy atom. The van der Waals surface area contributed by atoms with Crippen molar-refractivity contribution in [3.05, 3.63) is 22.7 Å². The molecule has 12 heavy (non-hydrogen) atoms. The zero-order chi connectivity index (χ0) is 8.55. The number of nitrogens with zero attached hydrogens (tertiary/aromatic N) is 3. The monoisotopic (exact) mass is 225 g/mol. The maximum absolute atomic E-state index is 4.03. The van der Waals surface area contributed by atoms with Crippen LogP contribution in [0.25, 0.3) is 11.0 Å². The molecule has 0 unspecified atom stereocenters. The van der Waals surface area contributed by atoms with Gasteiger partial charge in [0.2, 0.25) is 0 Å². The molecule has 0 fully saturated rings. The van der Waals surface area contributed by atoms with Crippen molar-refractivity contribution in [1.29, 1.82) is 0 Å². The maximum Gasteiger partial charge on any atom is 0.114 e. The standard InChI is InChI=1S/C8H8BrN3/c1-2-12-8-6(9)4-3-5-7(8)10-11-12/h3-5H,2H2,1H3. The molecule has 1 heterocycles. The molecule has 0 aliphatic heterocycles. The van der Waals surface area contributed by atoms with Crippen LogP contribution >= 0.6 is 15.9 Å². The predicted molar refractivity (Wildman–Crippen MR) is 50.9 cm³/mol. The number of aromatic nitrogens is 3. The number of halogens is 1. The predicted octanol–water partition coefficient (Wildman–Crippen LogP) is 2.21. The van der Waals surface area contributed by atoms with E-state index in [9.17, 15) is 0 Å². The van der Waals surface area contributed by atoms with Crippen LogP contribution in [0.5, 0.6) is 0 Å². The second kappa shape index (κ2) is 2.86. The molecule has 0 saturated heterocycles. The van der Waals surface area contributed by atoms with Gasteiger partial charge in [-0.05, 0) is 35.0 Å². The van der Waals surface area contributed by atoms with Gasteiger partial charge >= 0.3 is 0 Å². The molecule has 1 aromatic heterocycles. The van der Waals surface area contributed by atoms with Crippen molar-refractivity contribution >= 4 is 27.0 Å². The molecule has 1 aromatic carbocycles. The first-order valence-electron chi connectivity index (χ1n) is 3.80. The number of aryl methyl sites for hydroxylation is 1. The van der Waals surface area contributed by atoms with Gasteiger partial charge < -0.3 is 0 Å². The summed E-state index contributed by atoms with van der Waals surface area (Å²) in [5, 5.41) is 8.04. The molecule has 0 aliphatic carbocycles. The number of hydrogen-bond donors (Lipinski definition) is 0. The van der Waals surface area contributed by atoms with Crippen LogP contribution in [-0.2, 0) is 6.54 Å². The highest BCUT2D eigenvalue weighted by Crippen LogP contribution is 2.21. The Morgan fingerprint density at radius 3 is 3.08 bits per heavy atom. The van der Waals surface area contributed by atoms with Crippen molar-refractivity contribution in [3.63, 3.8) is 0 Å². The first kappa shape index (κ1) is 7.73. The minimum absolute atomic E-state index is 0.846. The molecule has 3 nitrogen and oxygen atoms in total. The number of benzene rings is 1. The first-order valence-corrected chi connectivity index (χ1v) is 4.60. The van der Waals surface area contributed by atoms with Gasteiger partial charge in [-0.15, -0.1) is 5.10 Å². The molecule has 0 radical (unpaired) electrons. The molecule has 2 rings (SSSR count). The molecule has 0 amide bonds. The normalized spacial score (nSPS) is 10.8. The Hall–Kier alpha value is -0.900. The summed E-state index contributed by atoms with van der Waals surface area (Å²) in [6.07, 6.45) is 0. The smallest absolute Gasteiger partial charge is 0.114 e. The summed E-state index contributed by atoms with van der Waals surface area (Å²) in [5.41, 5.74) is 2.01. The second-order valence-corrected chi connectivity index (χ2v) is 3.37. The number of fused-ring (bicyclic) bond motifs is 1. The van der Waals surface area contributed by atoms with Crippen molar-refractivity contribution in [3.8, 4) is 0 Å². The Bertz CT molecular complexity index is 408. The molecule has 0 N–H and O–H groups in total. The quantitative estimate of drug-likeness (QED) is 0.746. The Labute approximate surface area is 78.5 Å². The Kier molecular flexibility index (Phi) is 1.84. The van der Waals surface area contributed by atoms with E-state index >= 15 is 0 Å². The molecule has 0 spiro atoms. The van der Waals surface area contributed by atoms with Gasteiger partial charge in [0, 0.05) is 11.0 Å². The van der Waals surface area contributed by atoms with E-state index in [4.69, 9.17) is 0 Å². The van der Waals surface area contributed by atoms with E-state index in [1.165, 1.54) is 0 Å². The third-order valence-corrected chi connectivity index (χ3v) is 2.42. The van der Waals surface area contributed by atoms with Gasteiger partial charge in [0.15, 0.2) is 0 Å². The fraction of sp³-hybridized carbons (Fsp3) is 0.250.